The van der Waals surface area contributed by atoms with Crippen molar-refractivity contribution in [2.24, 2.45) is 0 Å². The van der Waals surface area contributed by atoms with E-state index in [1.807, 2.05) is 60.7 Å². The fraction of sp³-hybridized carbons (Fsp3) is 0. The third-order valence-electron chi connectivity index (χ3n) is 3.08. The Hall–Kier alpha value is -2.61. The molecule has 0 aliphatic rings. The van der Waals surface area contributed by atoms with Gasteiger partial charge < -0.3 is 4.98 Å². The third kappa shape index (κ3) is 2.33. The number of carbonyl (C=O) groups excluding carboxylic acids is 1. The van der Waals surface area contributed by atoms with Gasteiger partial charge in [0.2, 0.25) is 0 Å². The lowest BCUT2D eigenvalue weighted by atomic mass is 10.1. The molecule has 3 aromatic rings. The van der Waals surface area contributed by atoms with Crippen LogP contribution in [0.1, 0.15) is 15.9 Å². The lowest BCUT2D eigenvalue weighted by molar-refractivity contribution is 0.104. The van der Waals surface area contributed by atoms with Crippen LogP contribution in [0.2, 0.25) is 0 Å². The SMILES string of the molecule is O=C(/C=C\c1ccccc1)c1c[nH]c2ccccc12. The van der Waals surface area contributed by atoms with Crippen LogP contribution < -0.4 is 0 Å². The summed E-state index contributed by atoms with van der Waals surface area (Å²) in [6.45, 7) is 0. The largest absolute Gasteiger partial charge is 0.360 e. The first-order valence-electron chi connectivity index (χ1n) is 6.18. The van der Waals surface area contributed by atoms with Gasteiger partial charge in [-0.1, -0.05) is 54.6 Å². The van der Waals surface area contributed by atoms with Crippen molar-refractivity contribution >= 4 is 22.8 Å². The molecule has 1 heterocycles. The van der Waals surface area contributed by atoms with Crippen LogP contribution in [0.15, 0.2) is 66.9 Å². The number of benzene rings is 2. The van der Waals surface area contributed by atoms with E-state index in [9.17, 15) is 4.79 Å². The monoisotopic (exact) mass is 247 g/mol. The van der Waals surface area contributed by atoms with Crippen LogP contribution in [0.5, 0.6) is 0 Å². The van der Waals surface area contributed by atoms with Crippen molar-refractivity contribution in [2.75, 3.05) is 0 Å². The van der Waals surface area contributed by atoms with Gasteiger partial charge in [0, 0.05) is 22.7 Å². The maximum absolute atomic E-state index is 12.2. The predicted molar refractivity (Wildman–Crippen MR) is 78.1 cm³/mol. The fourth-order valence-corrected chi connectivity index (χ4v) is 2.10. The summed E-state index contributed by atoms with van der Waals surface area (Å²) in [6, 6.07) is 17.6. The quantitative estimate of drug-likeness (QED) is 0.549. The summed E-state index contributed by atoms with van der Waals surface area (Å²) in [5.74, 6) is 0.0151. The minimum absolute atomic E-state index is 0.0151. The van der Waals surface area contributed by atoms with Crippen LogP contribution in [-0.4, -0.2) is 10.8 Å². The molecule has 0 spiro atoms. The van der Waals surface area contributed by atoms with Gasteiger partial charge in [-0.05, 0) is 17.7 Å². The minimum Gasteiger partial charge on any atom is -0.360 e. The van der Waals surface area contributed by atoms with Gasteiger partial charge >= 0.3 is 0 Å². The van der Waals surface area contributed by atoms with Crippen molar-refractivity contribution in [3.63, 3.8) is 0 Å². The Kier molecular flexibility index (Phi) is 2.99. The molecule has 0 saturated heterocycles. The first kappa shape index (κ1) is 11.5. The van der Waals surface area contributed by atoms with Crippen LogP contribution in [-0.2, 0) is 0 Å². The van der Waals surface area contributed by atoms with E-state index in [1.54, 1.807) is 12.3 Å². The summed E-state index contributed by atoms with van der Waals surface area (Å²) in [5, 5.41) is 0.963. The maximum atomic E-state index is 12.2. The smallest absolute Gasteiger partial charge is 0.187 e. The zero-order chi connectivity index (χ0) is 13.1. The highest BCUT2D eigenvalue weighted by Gasteiger charge is 2.08. The Labute approximate surface area is 111 Å². The number of fused-ring (bicyclic) bond motifs is 1. The van der Waals surface area contributed by atoms with Gasteiger partial charge in [-0.15, -0.1) is 0 Å². The summed E-state index contributed by atoms with van der Waals surface area (Å²) in [7, 11) is 0. The van der Waals surface area contributed by atoms with Crippen molar-refractivity contribution in [1.82, 2.24) is 4.98 Å². The number of hydrogen-bond acceptors (Lipinski definition) is 1. The van der Waals surface area contributed by atoms with Crippen LogP contribution in [0.3, 0.4) is 0 Å². The molecule has 0 fully saturated rings. The average molecular weight is 247 g/mol. The first-order chi connectivity index (χ1) is 9.34. The number of hydrogen-bond donors (Lipinski definition) is 1. The second-order valence-corrected chi connectivity index (χ2v) is 4.36. The molecule has 0 radical (unpaired) electrons. The number of ketones is 1. The van der Waals surface area contributed by atoms with E-state index < -0.39 is 0 Å². The number of H-pyrrole nitrogens is 1. The van der Waals surface area contributed by atoms with Gasteiger partial charge in [0.1, 0.15) is 0 Å². The summed E-state index contributed by atoms with van der Waals surface area (Å²) in [6.07, 6.45) is 5.22. The topological polar surface area (TPSA) is 32.9 Å². The van der Waals surface area contributed by atoms with Crippen LogP contribution >= 0.6 is 0 Å². The van der Waals surface area contributed by atoms with E-state index in [4.69, 9.17) is 0 Å². The number of allylic oxidation sites excluding steroid dienone is 1. The molecule has 0 saturated carbocycles. The summed E-state index contributed by atoms with van der Waals surface area (Å²) in [5.41, 5.74) is 2.72. The lowest BCUT2D eigenvalue weighted by Crippen LogP contribution is -1.91. The number of rotatable bonds is 3. The van der Waals surface area contributed by atoms with Crippen molar-refractivity contribution in [3.05, 3.63) is 78.0 Å². The summed E-state index contributed by atoms with van der Waals surface area (Å²) in [4.78, 5) is 15.3. The van der Waals surface area contributed by atoms with Crippen molar-refractivity contribution < 1.29 is 4.79 Å². The average Bonchev–Trinajstić information content (AvgIpc) is 2.90. The van der Waals surface area contributed by atoms with E-state index in [0.717, 1.165) is 16.5 Å². The van der Waals surface area contributed by atoms with Gasteiger partial charge in [0.15, 0.2) is 5.78 Å². The highest BCUT2D eigenvalue weighted by Crippen LogP contribution is 2.18. The molecule has 2 heteroatoms. The van der Waals surface area contributed by atoms with Gasteiger partial charge in [-0.25, -0.2) is 0 Å². The molecular formula is C17H13NO. The Balaban J connectivity index is 1.91. The predicted octanol–water partition coefficient (Wildman–Crippen LogP) is 4.06. The third-order valence-corrected chi connectivity index (χ3v) is 3.08. The summed E-state index contributed by atoms with van der Waals surface area (Å²) >= 11 is 0. The molecule has 0 amide bonds. The molecule has 1 N–H and O–H groups in total. The van der Waals surface area contributed by atoms with Crippen molar-refractivity contribution in [2.45, 2.75) is 0 Å². The first-order valence-corrected chi connectivity index (χ1v) is 6.18. The fourth-order valence-electron chi connectivity index (χ4n) is 2.10. The van der Waals surface area contributed by atoms with Gasteiger partial charge in [0.25, 0.3) is 0 Å². The molecular weight excluding hydrogens is 234 g/mol. The van der Waals surface area contributed by atoms with Crippen LogP contribution in [0, 0.1) is 0 Å². The lowest BCUT2D eigenvalue weighted by Gasteiger charge is -1.94. The zero-order valence-corrected chi connectivity index (χ0v) is 10.3. The molecule has 0 bridgehead atoms. The van der Waals surface area contributed by atoms with E-state index in [-0.39, 0.29) is 5.78 Å². The maximum Gasteiger partial charge on any atom is 0.187 e. The zero-order valence-electron chi connectivity index (χ0n) is 10.3. The molecule has 19 heavy (non-hydrogen) atoms. The second kappa shape index (κ2) is 4.94. The van der Waals surface area contributed by atoms with Gasteiger partial charge in [-0.2, -0.15) is 0 Å². The van der Waals surface area contributed by atoms with Crippen LogP contribution in [0.25, 0.3) is 17.0 Å². The summed E-state index contributed by atoms with van der Waals surface area (Å²) < 4.78 is 0. The number of carbonyl (C=O) groups is 1. The Morgan fingerprint density at radius 2 is 1.68 bits per heavy atom. The minimum atomic E-state index is 0.0151. The Morgan fingerprint density at radius 3 is 2.53 bits per heavy atom. The van der Waals surface area contributed by atoms with Crippen molar-refractivity contribution in [1.29, 1.82) is 0 Å². The van der Waals surface area contributed by atoms with E-state index in [1.165, 1.54) is 0 Å². The van der Waals surface area contributed by atoms with E-state index in [2.05, 4.69) is 4.98 Å². The molecule has 0 aliphatic carbocycles. The molecule has 0 atom stereocenters. The number of nitrogens with one attached hydrogen (secondary N) is 1. The molecule has 0 aliphatic heterocycles. The number of aromatic amines is 1. The Morgan fingerprint density at radius 1 is 0.947 bits per heavy atom. The van der Waals surface area contributed by atoms with E-state index in [0.29, 0.717) is 5.56 Å². The van der Waals surface area contributed by atoms with Crippen molar-refractivity contribution in [3.8, 4) is 0 Å². The van der Waals surface area contributed by atoms with Gasteiger partial charge in [0.05, 0.1) is 0 Å². The molecule has 92 valence electrons. The molecule has 2 aromatic carbocycles. The van der Waals surface area contributed by atoms with E-state index >= 15 is 0 Å². The molecule has 3 rings (SSSR count). The normalized spacial score (nSPS) is 11.2. The highest BCUT2D eigenvalue weighted by molar-refractivity contribution is 6.14. The Bertz CT molecular complexity index is 738. The van der Waals surface area contributed by atoms with Gasteiger partial charge in [-0.3, -0.25) is 4.79 Å². The highest BCUT2D eigenvalue weighted by atomic mass is 16.1. The molecule has 1 aromatic heterocycles. The molecule has 2 nitrogen and oxygen atoms in total. The van der Waals surface area contributed by atoms with Crippen LogP contribution in [0.4, 0.5) is 0 Å². The standard InChI is InChI=1S/C17H13NO/c19-17(11-10-13-6-2-1-3-7-13)15-12-18-16-9-5-4-8-14(15)16/h1-12,18H/b11-10-. The molecule has 0 unspecified atom stereocenters. The number of aromatic nitrogens is 1. The second-order valence-electron chi connectivity index (χ2n) is 4.36. The number of para-hydroxylation sites is 1.